The molecule has 0 fully saturated rings. The van der Waals surface area contributed by atoms with Crippen molar-refractivity contribution in [2.45, 2.75) is 26.8 Å². The number of aliphatic carboxylic acids is 1. The van der Waals surface area contributed by atoms with Gasteiger partial charge in [-0.1, -0.05) is 29.8 Å². The molecule has 0 saturated heterocycles. The molecule has 5 heteroatoms. The summed E-state index contributed by atoms with van der Waals surface area (Å²) in [6, 6.07) is 4.11. The highest BCUT2D eigenvalue weighted by atomic mass is 79.9. The zero-order valence-corrected chi connectivity index (χ0v) is 13.4. The van der Waals surface area contributed by atoms with Gasteiger partial charge in [0.05, 0.1) is 13.2 Å². The maximum absolute atomic E-state index is 11.0. The number of halogens is 1. The van der Waals surface area contributed by atoms with Crippen molar-refractivity contribution in [3.05, 3.63) is 27.7 Å². The van der Waals surface area contributed by atoms with Gasteiger partial charge in [-0.05, 0) is 23.6 Å². The molecule has 0 amide bonds. The van der Waals surface area contributed by atoms with Gasteiger partial charge in [0.2, 0.25) is 0 Å². The van der Waals surface area contributed by atoms with Crippen molar-refractivity contribution in [2.24, 2.45) is 5.92 Å². The lowest BCUT2D eigenvalue weighted by Gasteiger charge is -2.23. The van der Waals surface area contributed by atoms with Crippen LogP contribution in [0.1, 0.15) is 25.0 Å². The highest BCUT2D eigenvalue weighted by Crippen LogP contribution is 2.33. The minimum Gasteiger partial charge on any atom is -0.493 e. The number of fused-ring (bicyclic) bond motifs is 1. The molecule has 0 aromatic heterocycles. The number of benzene rings is 1. The second kappa shape index (κ2) is 6.59. The van der Waals surface area contributed by atoms with E-state index >= 15 is 0 Å². The van der Waals surface area contributed by atoms with Crippen LogP contribution < -0.4 is 4.74 Å². The molecule has 1 heterocycles. The van der Waals surface area contributed by atoms with Crippen molar-refractivity contribution >= 4 is 21.9 Å². The molecule has 0 spiro atoms. The van der Waals surface area contributed by atoms with Gasteiger partial charge in [0, 0.05) is 29.5 Å². The molecule has 1 aliphatic rings. The summed E-state index contributed by atoms with van der Waals surface area (Å²) in [4.78, 5) is 13.0. The molecule has 110 valence electrons. The van der Waals surface area contributed by atoms with Crippen LogP contribution in [0.15, 0.2) is 16.6 Å². The molecule has 2 rings (SSSR count). The molecule has 0 atom stereocenters. The quantitative estimate of drug-likeness (QED) is 0.864. The Bertz CT molecular complexity index is 502. The fraction of sp³-hybridized carbons (Fsp3) is 0.533. The van der Waals surface area contributed by atoms with Crippen molar-refractivity contribution in [1.29, 1.82) is 0 Å². The van der Waals surface area contributed by atoms with E-state index in [2.05, 4.69) is 35.8 Å². The number of hydrogen-bond acceptors (Lipinski definition) is 3. The van der Waals surface area contributed by atoms with E-state index in [0.717, 1.165) is 28.8 Å². The summed E-state index contributed by atoms with van der Waals surface area (Å²) in [7, 11) is 0. The molecule has 1 aromatic carbocycles. The van der Waals surface area contributed by atoms with Crippen LogP contribution in [0.4, 0.5) is 0 Å². The van der Waals surface area contributed by atoms with E-state index in [1.165, 1.54) is 5.56 Å². The number of nitrogens with zero attached hydrogens (tertiary/aromatic N) is 1. The smallest absolute Gasteiger partial charge is 0.317 e. The Labute approximate surface area is 127 Å². The molecule has 1 aliphatic heterocycles. The molecular formula is C15H20BrNO3. The molecule has 0 saturated carbocycles. The summed E-state index contributed by atoms with van der Waals surface area (Å²) in [5, 5.41) is 9.04. The fourth-order valence-corrected chi connectivity index (χ4v) is 3.15. The summed E-state index contributed by atoms with van der Waals surface area (Å²) in [5.41, 5.74) is 2.27. The number of rotatable bonds is 6. The van der Waals surface area contributed by atoms with Gasteiger partial charge < -0.3 is 9.84 Å². The van der Waals surface area contributed by atoms with Crippen LogP contribution >= 0.6 is 15.9 Å². The second-order valence-electron chi connectivity index (χ2n) is 5.61. The van der Waals surface area contributed by atoms with E-state index in [9.17, 15) is 4.79 Å². The Morgan fingerprint density at radius 1 is 1.50 bits per heavy atom. The van der Waals surface area contributed by atoms with Crippen LogP contribution in [0.5, 0.6) is 5.75 Å². The zero-order chi connectivity index (χ0) is 14.7. The first kappa shape index (κ1) is 15.3. The fourth-order valence-electron chi connectivity index (χ4n) is 2.60. The second-order valence-corrected chi connectivity index (χ2v) is 6.52. The highest BCUT2D eigenvalue weighted by molar-refractivity contribution is 9.10. The van der Waals surface area contributed by atoms with Crippen molar-refractivity contribution < 1.29 is 14.6 Å². The molecule has 0 radical (unpaired) electrons. The van der Waals surface area contributed by atoms with Crippen molar-refractivity contribution in [1.82, 2.24) is 4.90 Å². The monoisotopic (exact) mass is 341 g/mol. The van der Waals surface area contributed by atoms with Gasteiger partial charge in [0.15, 0.2) is 0 Å². The summed E-state index contributed by atoms with van der Waals surface area (Å²) >= 11 is 3.52. The molecular weight excluding hydrogens is 322 g/mol. The van der Waals surface area contributed by atoms with Gasteiger partial charge in [-0.25, -0.2) is 0 Å². The molecule has 20 heavy (non-hydrogen) atoms. The predicted molar refractivity (Wildman–Crippen MR) is 81.1 cm³/mol. The molecule has 0 aliphatic carbocycles. The molecule has 1 aromatic rings. The third-order valence-electron chi connectivity index (χ3n) is 3.20. The van der Waals surface area contributed by atoms with Gasteiger partial charge in [0.25, 0.3) is 0 Å². The summed E-state index contributed by atoms with van der Waals surface area (Å²) in [6.45, 7) is 6.31. The normalized spacial score (nSPS) is 13.7. The zero-order valence-electron chi connectivity index (χ0n) is 11.9. The van der Waals surface area contributed by atoms with Gasteiger partial charge >= 0.3 is 5.97 Å². The molecule has 0 unspecified atom stereocenters. The molecule has 4 nitrogen and oxygen atoms in total. The Hall–Kier alpha value is -1.07. The lowest BCUT2D eigenvalue weighted by atomic mass is 10.1. The first-order valence-electron chi connectivity index (χ1n) is 6.84. The first-order valence-corrected chi connectivity index (χ1v) is 7.63. The van der Waals surface area contributed by atoms with E-state index in [0.29, 0.717) is 19.1 Å². The standard InChI is InChI=1S/C15H20BrNO3/c1-10(2)7-17(9-14(18)19)8-12-6-13(16)5-11-3-4-20-15(11)12/h5-6,10H,3-4,7-9H2,1-2H3,(H,18,19). The third kappa shape index (κ3) is 3.96. The Morgan fingerprint density at radius 3 is 2.90 bits per heavy atom. The predicted octanol–water partition coefficient (Wildman–Crippen LogP) is 2.93. The SMILES string of the molecule is CC(C)CN(CC(=O)O)Cc1cc(Br)cc2c1OCC2. The largest absolute Gasteiger partial charge is 0.493 e. The number of carbonyl (C=O) groups is 1. The number of ether oxygens (including phenoxy) is 1. The van der Waals surface area contributed by atoms with Crippen LogP contribution in [0.3, 0.4) is 0 Å². The topological polar surface area (TPSA) is 49.8 Å². The van der Waals surface area contributed by atoms with E-state index in [4.69, 9.17) is 9.84 Å². The number of hydrogen-bond donors (Lipinski definition) is 1. The summed E-state index contributed by atoms with van der Waals surface area (Å²) in [6.07, 6.45) is 0.922. The lowest BCUT2D eigenvalue weighted by molar-refractivity contribution is -0.138. The van der Waals surface area contributed by atoms with Gasteiger partial charge in [-0.15, -0.1) is 0 Å². The van der Waals surface area contributed by atoms with Gasteiger partial charge in [-0.2, -0.15) is 0 Å². The van der Waals surface area contributed by atoms with Crippen molar-refractivity contribution in [3.63, 3.8) is 0 Å². The van der Waals surface area contributed by atoms with Crippen molar-refractivity contribution in [3.8, 4) is 5.75 Å². The van der Waals surface area contributed by atoms with Crippen LogP contribution in [-0.4, -0.2) is 35.7 Å². The van der Waals surface area contributed by atoms with Crippen molar-refractivity contribution in [2.75, 3.05) is 19.7 Å². The molecule has 1 N–H and O–H groups in total. The minimum atomic E-state index is -0.793. The van der Waals surface area contributed by atoms with Gasteiger partial charge in [0.1, 0.15) is 5.75 Å². The Balaban J connectivity index is 2.19. The highest BCUT2D eigenvalue weighted by Gasteiger charge is 2.20. The average Bonchev–Trinajstić information content (AvgIpc) is 2.74. The van der Waals surface area contributed by atoms with E-state index in [1.807, 2.05) is 11.0 Å². The average molecular weight is 342 g/mol. The van der Waals surface area contributed by atoms with Crippen LogP contribution in [-0.2, 0) is 17.8 Å². The van der Waals surface area contributed by atoms with Crippen LogP contribution in [0, 0.1) is 5.92 Å². The van der Waals surface area contributed by atoms with E-state index < -0.39 is 5.97 Å². The number of carboxylic acids is 1. The summed E-state index contributed by atoms with van der Waals surface area (Å²) < 4.78 is 6.73. The Kier molecular flexibility index (Phi) is 5.05. The van der Waals surface area contributed by atoms with E-state index in [-0.39, 0.29) is 6.54 Å². The number of carboxylic acid groups (broad SMARTS) is 1. The lowest BCUT2D eigenvalue weighted by Crippen LogP contribution is -2.32. The first-order chi connectivity index (χ1) is 9.45. The van der Waals surface area contributed by atoms with Crippen LogP contribution in [0.25, 0.3) is 0 Å². The minimum absolute atomic E-state index is 0.0550. The van der Waals surface area contributed by atoms with E-state index in [1.54, 1.807) is 0 Å². The summed E-state index contributed by atoms with van der Waals surface area (Å²) in [5.74, 6) is 0.570. The maximum atomic E-state index is 11.0. The van der Waals surface area contributed by atoms with Gasteiger partial charge in [-0.3, -0.25) is 9.69 Å². The van der Waals surface area contributed by atoms with Crippen LogP contribution in [0.2, 0.25) is 0 Å². The maximum Gasteiger partial charge on any atom is 0.317 e. The Morgan fingerprint density at radius 2 is 2.25 bits per heavy atom. The molecule has 0 bridgehead atoms. The third-order valence-corrected chi connectivity index (χ3v) is 3.66.